The predicted octanol–water partition coefficient (Wildman–Crippen LogP) is 1.66. The summed E-state index contributed by atoms with van der Waals surface area (Å²) in [5, 5.41) is 4.18. The Morgan fingerprint density at radius 1 is 1.41 bits per heavy atom. The van der Waals surface area contributed by atoms with Crippen molar-refractivity contribution in [3.63, 3.8) is 0 Å². The highest BCUT2D eigenvalue weighted by Gasteiger charge is 2.17. The molecule has 0 saturated carbocycles. The molecule has 0 amide bonds. The first-order valence-electron chi connectivity index (χ1n) is 5.32. The third-order valence-corrected chi connectivity index (χ3v) is 4.36. The van der Waals surface area contributed by atoms with Crippen molar-refractivity contribution in [2.75, 3.05) is 18.8 Å². The van der Waals surface area contributed by atoms with Crippen molar-refractivity contribution in [1.82, 2.24) is 15.3 Å². The summed E-state index contributed by atoms with van der Waals surface area (Å²) in [6.45, 7) is 2.04. The predicted molar refractivity (Wildman–Crippen MR) is 71.2 cm³/mol. The van der Waals surface area contributed by atoms with E-state index in [1.54, 1.807) is 6.07 Å². The van der Waals surface area contributed by atoms with E-state index in [4.69, 9.17) is 11.6 Å². The van der Waals surface area contributed by atoms with E-state index in [1.807, 2.05) is 0 Å². The van der Waals surface area contributed by atoms with Crippen LogP contribution in [0, 0.1) is 5.92 Å². The average Bonchev–Trinajstić information content (AvgIpc) is 2.30. The minimum absolute atomic E-state index is 0. The second-order valence-corrected chi connectivity index (χ2v) is 5.71. The Bertz CT molecular complexity index is 386. The zero-order valence-corrected chi connectivity index (χ0v) is 11.7. The summed E-state index contributed by atoms with van der Waals surface area (Å²) in [7, 11) is -1.05. The lowest BCUT2D eigenvalue weighted by molar-refractivity contribution is 0.405. The first-order valence-corrected chi connectivity index (χ1v) is 7.02. The fourth-order valence-electron chi connectivity index (χ4n) is 1.79. The summed E-state index contributed by atoms with van der Waals surface area (Å²) in [6.07, 6.45) is 3.53. The SMILES string of the molecule is Cl.O=S(CC1CCNCC1)c1cc(Cl)ncn1. The molecule has 1 aliphatic heterocycles. The smallest absolute Gasteiger partial charge is 0.133 e. The van der Waals surface area contributed by atoms with Crippen LogP contribution in [0.1, 0.15) is 12.8 Å². The second kappa shape index (κ2) is 7.26. The highest BCUT2D eigenvalue weighted by atomic mass is 35.5. The van der Waals surface area contributed by atoms with Crippen molar-refractivity contribution in [2.24, 2.45) is 5.92 Å². The van der Waals surface area contributed by atoms with Gasteiger partial charge in [-0.25, -0.2) is 9.97 Å². The van der Waals surface area contributed by atoms with Gasteiger partial charge in [-0.05, 0) is 31.8 Å². The highest BCUT2D eigenvalue weighted by Crippen LogP contribution is 2.16. The summed E-state index contributed by atoms with van der Waals surface area (Å²) in [4.78, 5) is 7.77. The minimum Gasteiger partial charge on any atom is -0.317 e. The molecule has 1 atom stereocenters. The first-order chi connectivity index (χ1) is 7.75. The number of aromatic nitrogens is 2. The molecule has 1 aliphatic rings. The van der Waals surface area contributed by atoms with E-state index in [0.29, 0.717) is 21.8 Å². The Morgan fingerprint density at radius 2 is 2.12 bits per heavy atom. The van der Waals surface area contributed by atoms with Crippen LogP contribution in [-0.4, -0.2) is 33.0 Å². The largest absolute Gasteiger partial charge is 0.317 e. The van der Waals surface area contributed by atoms with Crippen molar-refractivity contribution >= 4 is 34.8 Å². The fourth-order valence-corrected chi connectivity index (χ4v) is 3.34. The number of hydrogen-bond acceptors (Lipinski definition) is 4. The molecule has 0 spiro atoms. The summed E-state index contributed by atoms with van der Waals surface area (Å²) >= 11 is 5.74. The van der Waals surface area contributed by atoms with E-state index in [9.17, 15) is 4.21 Å². The highest BCUT2D eigenvalue weighted by molar-refractivity contribution is 7.84. The van der Waals surface area contributed by atoms with Crippen LogP contribution in [0.2, 0.25) is 5.15 Å². The van der Waals surface area contributed by atoms with Crippen LogP contribution in [0.4, 0.5) is 0 Å². The summed E-state index contributed by atoms with van der Waals surface area (Å²) < 4.78 is 12.0. The number of nitrogens with one attached hydrogen (secondary N) is 1. The van der Waals surface area contributed by atoms with Crippen molar-refractivity contribution in [3.8, 4) is 0 Å². The molecule has 0 radical (unpaired) electrons. The Morgan fingerprint density at radius 3 is 2.76 bits per heavy atom. The van der Waals surface area contributed by atoms with E-state index in [1.165, 1.54) is 6.33 Å². The molecular weight excluding hydrogens is 281 g/mol. The molecule has 1 aromatic rings. The Balaban J connectivity index is 0.00000144. The molecule has 0 aromatic carbocycles. The van der Waals surface area contributed by atoms with Crippen molar-refractivity contribution in [3.05, 3.63) is 17.5 Å². The van der Waals surface area contributed by atoms with E-state index in [-0.39, 0.29) is 12.4 Å². The number of hydrogen-bond donors (Lipinski definition) is 1. The van der Waals surface area contributed by atoms with Gasteiger partial charge in [0.25, 0.3) is 0 Å². The quantitative estimate of drug-likeness (QED) is 0.862. The molecule has 17 heavy (non-hydrogen) atoms. The van der Waals surface area contributed by atoms with Crippen LogP contribution in [0.3, 0.4) is 0 Å². The Kier molecular flexibility index (Phi) is 6.33. The number of rotatable bonds is 3. The van der Waals surface area contributed by atoms with Gasteiger partial charge >= 0.3 is 0 Å². The van der Waals surface area contributed by atoms with Crippen LogP contribution in [-0.2, 0) is 10.8 Å². The Hall–Kier alpha value is -0.230. The lowest BCUT2D eigenvalue weighted by Gasteiger charge is -2.21. The van der Waals surface area contributed by atoms with Crippen LogP contribution < -0.4 is 5.32 Å². The van der Waals surface area contributed by atoms with E-state index < -0.39 is 10.8 Å². The molecule has 96 valence electrons. The van der Waals surface area contributed by atoms with Crippen LogP contribution in [0.15, 0.2) is 17.4 Å². The zero-order valence-electron chi connectivity index (χ0n) is 9.26. The van der Waals surface area contributed by atoms with Gasteiger partial charge in [-0.3, -0.25) is 4.21 Å². The van der Waals surface area contributed by atoms with Gasteiger partial charge in [0.1, 0.15) is 16.5 Å². The molecule has 0 bridgehead atoms. The molecule has 2 heterocycles. The van der Waals surface area contributed by atoms with Crippen molar-refractivity contribution < 1.29 is 4.21 Å². The number of nitrogens with zero attached hydrogens (tertiary/aromatic N) is 2. The molecule has 0 aliphatic carbocycles. The standard InChI is InChI=1S/C10H14ClN3OS.ClH/c11-9-5-10(14-7-13-9)16(15)6-8-1-3-12-4-2-8;/h5,7-8,12H,1-4,6H2;1H. The lowest BCUT2D eigenvalue weighted by atomic mass is 10.0. The number of halogens is 2. The van der Waals surface area contributed by atoms with Gasteiger partial charge in [-0.15, -0.1) is 12.4 Å². The third-order valence-electron chi connectivity index (χ3n) is 2.69. The van der Waals surface area contributed by atoms with E-state index in [2.05, 4.69) is 15.3 Å². The summed E-state index contributed by atoms with van der Waals surface area (Å²) in [6, 6.07) is 1.58. The maximum atomic E-state index is 12.0. The Labute approximate surface area is 114 Å². The maximum absolute atomic E-state index is 12.0. The topological polar surface area (TPSA) is 54.9 Å². The minimum atomic E-state index is -1.05. The molecule has 1 fully saturated rings. The molecule has 1 unspecified atom stereocenters. The van der Waals surface area contributed by atoms with Crippen LogP contribution >= 0.6 is 24.0 Å². The van der Waals surface area contributed by atoms with Gasteiger partial charge in [0.15, 0.2) is 0 Å². The van der Waals surface area contributed by atoms with Gasteiger partial charge in [0.2, 0.25) is 0 Å². The molecule has 1 saturated heterocycles. The molecule has 1 aromatic heterocycles. The maximum Gasteiger partial charge on any atom is 0.133 e. The molecule has 7 heteroatoms. The molecule has 1 N–H and O–H groups in total. The third kappa shape index (κ3) is 4.50. The van der Waals surface area contributed by atoms with Gasteiger partial charge < -0.3 is 5.32 Å². The monoisotopic (exact) mass is 295 g/mol. The van der Waals surface area contributed by atoms with Gasteiger partial charge in [0, 0.05) is 11.8 Å². The first kappa shape index (κ1) is 14.8. The zero-order chi connectivity index (χ0) is 11.4. The molecular formula is C10H15Cl2N3OS. The average molecular weight is 296 g/mol. The summed E-state index contributed by atoms with van der Waals surface area (Å²) in [5.74, 6) is 1.20. The lowest BCUT2D eigenvalue weighted by Crippen LogP contribution is -2.30. The molecule has 4 nitrogen and oxygen atoms in total. The fraction of sp³-hybridized carbons (Fsp3) is 0.600. The second-order valence-electron chi connectivity index (χ2n) is 3.88. The summed E-state index contributed by atoms with van der Waals surface area (Å²) in [5.41, 5.74) is 0. The molecule has 2 rings (SSSR count). The van der Waals surface area contributed by atoms with Crippen molar-refractivity contribution in [1.29, 1.82) is 0 Å². The van der Waals surface area contributed by atoms with Crippen LogP contribution in [0.5, 0.6) is 0 Å². The van der Waals surface area contributed by atoms with Gasteiger partial charge in [-0.2, -0.15) is 0 Å². The van der Waals surface area contributed by atoms with E-state index in [0.717, 1.165) is 25.9 Å². The van der Waals surface area contributed by atoms with E-state index >= 15 is 0 Å². The van der Waals surface area contributed by atoms with Gasteiger partial charge in [-0.1, -0.05) is 11.6 Å². The van der Waals surface area contributed by atoms with Crippen molar-refractivity contribution in [2.45, 2.75) is 17.9 Å². The van der Waals surface area contributed by atoms with Crippen LogP contribution in [0.25, 0.3) is 0 Å². The number of piperidine rings is 1. The van der Waals surface area contributed by atoms with Gasteiger partial charge in [0.05, 0.1) is 10.8 Å². The normalized spacial score (nSPS) is 18.4.